The number of aryl methyl sites for hydroxylation is 1. The van der Waals surface area contributed by atoms with Crippen molar-refractivity contribution in [3.05, 3.63) is 88.4 Å². The second-order valence-electron chi connectivity index (χ2n) is 7.53. The highest BCUT2D eigenvalue weighted by molar-refractivity contribution is 9.10. The predicted molar refractivity (Wildman–Crippen MR) is 117 cm³/mol. The molecule has 5 heteroatoms. The number of nitrogens with zero attached hydrogens (tertiary/aromatic N) is 2. The summed E-state index contributed by atoms with van der Waals surface area (Å²) in [4.78, 5) is 17.6. The van der Waals surface area contributed by atoms with Gasteiger partial charge < -0.3 is 9.67 Å². The van der Waals surface area contributed by atoms with E-state index in [1.807, 2.05) is 72.8 Å². The summed E-state index contributed by atoms with van der Waals surface area (Å²) in [7, 11) is 0. The van der Waals surface area contributed by atoms with Crippen molar-refractivity contribution < 1.29 is 9.90 Å². The quantitative estimate of drug-likeness (QED) is 0.454. The number of carbonyl (C=O) groups is 1. The summed E-state index contributed by atoms with van der Waals surface area (Å²) in [6.07, 6.45) is 1.18. The smallest absolute Gasteiger partial charge is 0.316 e. The van der Waals surface area contributed by atoms with Gasteiger partial charge >= 0.3 is 5.97 Å². The Morgan fingerprint density at radius 2 is 1.76 bits per heavy atom. The second kappa shape index (κ2) is 6.85. The van der Waals surface area contributed by atoms with Crippen molar-refractivity contribution in [2.45, 2.75) is 24.8 Å². The van der Waals surface area contributed by atoms with Crippen molar-refractivity contribution in [3.63, 3.8) is 0 Å². The zero-order valence-electron chi connectivity index (χ0n) is 15.7. The fourth-order valence-electron chi connectivity index (χ4n) is 4.44. The maximum absolute atomic E-state index is 12.8. The Bertz CT molecular complexity index is 1250. The summed E-state index contributed by atoms with van der Waals surface area (Å²) >= 11 is 3.60. The Balaban J connectivity index is 1.68. The number of carboxylic acids is 1. The van der Waals surface area contributed by atoms with Gasteiger partial charge in [0.2, 0.25) is 0 Å². The molecular formula is C24H19BrN2O2. The molecule has 1 unspecified atom stereocenters. The summed E-state index contributed by atoms with van der Waals surface area (Å²) in [6.45, 7) is 0.375. The highest BCUT2D eigenvalue weighted by Crippen LogP contribution is 2.44. The Kier molecular flexibility index (Phi) is 4.28. The number of benzene rings is 3. The molecule has 0 saturated heterocycles. The molecule has 144 valence electrons. The Morgan fingerprint density at radius 3 is 2.59 bits per heavy atom. The van der Waals surface area contributed by atoms with Crippen LogP contribution >= 0.6 is 15.9 Å². The Morgan fingerprint density at radius 1 is 1.03 bits per heavy atom. The average Bonchev–Trinajstić information content (AvgIpc) is 3.11. The number of imidazole rings is 1. The molecule has 4 aromatic rings. The molecular weight excluding hydrogens is 428 g/mol. The monoisotopic (exact) mass is 446 g/mol. The summed E-state index contributed by atoms with van der Waals surface area (Å²) in [5, 5.41) is 10.5. The van der Waals surface area contributed by atoms with E-state index in [-0.39, 0.29) is 0 Å². The van der Waals surface area contributed by atoms with Crippen LogP contribution in [0.2, 0.25) is 0 Å². The zero-order chi connectivity index (χ0) is 20.0. The normalized spacial score (nSPS) is 17.7. The number of aliphatic carboxylic acids is 1. The van der Waals surface area contributed by atoms with Crippen LogP contribution in [-0.4, -0.2) is 20.6 Å². The summed E-state index contributed by atoms with van der Waals surface area (Å²) < 4.78 is 3.09. The molecule has 1 N–H and O–H groups in total. The predicted octanol–water partition coefficient (Wildman–Crippen LogP) is 5.43. The molecule has 2 heterocycles. The van der Waals surface area contributed by atoms with Gasteiger partial charge in [0.05, 0.1) is 11.0 Å². The third-order valence-electron chi connectivity index (χ3n) is 5.95. The molecule has 29 heavy (non-hydrogen) atoms. The maximum atomic E-state index is 12.8. The van der Waals surface area contributed by atoms with Gasteiger partial charge in [0.1, 0.15) is 11.2 Å². The molecule has 0 amide bonds. The maximum Gasteiger partial charge on any atom is 0.316 e. The van der Waals surface area contributed by atoms with E-state index in [4.69, 9.17) is 4.98 Å². The zero-order valence-corrected chi connectivity index (χ0v) is 17.3. The third-order valence-corrected chi connectivity index (χ3v) is 6.73. The third kappa shape index (κ3) is 2.80. The van der Waals surface area contributed by atoms with Crippen LogP contribution in [0.1, 0.15) is 17.5 Å². The minimum atomic E-state index is -1.01. The first kappa shape index (κ1) is 18.1. The van der Waals surface area contributed by atoms with Crippen molar-refractivity contribution in [3.8, 4) is 11.4 Å². The van der Waals surface area contributed by atoms with Crippen LogP contribution < -0.4 is 0 Å². The molecule has 1 aliphatic heterocycles. The molecule has 0 saturated carbocycles. The van der Waals surface area contributed by atoms with E-state index in [1.165, 1.54) is 0 Å². The summed E-state index contributed by atoms with van der Waals surface area (Å²) in [5.41, 5.74) is 3.73. The van der Waals surface area contributed by atoms with Crippen LogP contribution in [0.3, 0.4) is 0 Å². The van der Waals surface area contributed by atoms with Crippen LogP contribution in [0.15, 0.2) is 77.3 Å². The minimum absolute atomic E-state index is 0.375. The van der Waals surface area contributed by atoms with Crippen LogP contribution in [0, 0.1) is 0 Å². The second-order valence-corrected chi connectivity index (χ2v) is 8.39. The summed E-state index contributed by atoms with van der Waals surface area (Å²) in [6, 6.07) is 23.8. The number of rotatable bonds is 4. The van der Waals surface area contributed by atoms with Crippen molar-refractivity contribution in [2.24, 2.45) is 0 Å². The molecule has 1 atom stereocenters. The lowest BCUT2D eigenvalue weighted by Gasteiger charge is -2.36. The lowest BCUT2D eigenvalue weighted by Crippen LogP contribution is -2.43. The van der Waals surface area contributed by atoms with E-state index in [0.29, 0.717) is 19.4 Å². The lowest BCUT2D eigenvalue weighted by molar-refractivity contribution is -0.145. The van der Waals surface area contributed by atoms with Gasteiger partial charge in [0, 0.05) is 16.6 Å². The number of para-hydroxylation sites is 2. The molecule has 0 aliphatic carbocycles. The molecule has 1 aliphatic rings. The number of hydrogen-bond acceptors (Lipinski definition) is 2. The van der Waals surface area contributed by atoms with Gasteiger partial charge in [-0.2, -0.15) is 0 Å². The van der Waals surface area contributed by atoms with E-state index >= 15 is 0 Å². The van der Waals surface area contributed by atoms with Gasteiger partial charge in [-0.05, 0) is 42.2 Å². The topological polar surface area (TPSA) is 55.1 Å². The Hall–Kier alpha value is -2.92. The van der Waals surface area contributed by atoms with Gasteiger partial charge in [0.25, 0.3) is 0 Å². The molecule has 4 nitrogen and oxygen atoms in total. The van der Waals surface area contributed by atoms with Crippen molar-refractivity contribution in [1.29, 1.82) is 0 Å². The van der Waals surface area contributed by atoms with Crippen LogP contribution in [0.4, 0.5) is 0 Å². The highest BCUT2D eigenvalue weighted by Gasteiger charge is 2.46. The number of carboxylic acid groups (broad SMARTS) is 1. The molecule has 0 radical (unpaired) electrons. The van der Waals surface area contributed by atoms with Gasteiger partial charge in [-0.15, -0.1) is 0 Å². The number of fused-ring (bicyclic) bond motifs is 5. The standard InChI is InChI=1S/C24H19BrN2O2/c25-19-10-4-1-7-16(19)13-14-24(23(28)29)15-27-21-12-6-5-11-20(21)26-22(27)17-8-2-3-9-18(17)24/h1-12H,13-15H2,(H,28,29). The van der Waals surface area contributed by atoms with Crippen molar-refractivity contribution in [2.75, 3.05) is 0 Å². The largest absolute Gasteiger partial charge is 0.481 e. The number of aromatic nitrogens is 2. The van der Waals surface area contributed by atoms with Crippen molar-refractivity contribution in [1.82, 2.24) is 9.55 Å². The summed E-state index contributed by atoms with van der Waals surface area (Å²) in [5.74, 6) is 0.0556. The van der Waals surface area contributed by atoms with E-state index < -0.39 is 11.4 Å². The van der Waals surface area contributed by atoms with Gasteiger partial charge in [-0.1, -0.05) is 70.5 Å². The van der Waals surface area contributed by atoms with Gasteiger partial charge in [-0.25, -0.2) is 4.98 Å². The van der Waals surface area contributed by atoms with Crippen LogP contribution in [0.25, 0.3) is 22.4 Å². The molecule has 0 spiro atoms. The fraction of sp³-hybridized carbons (Fsp3) is 0.167. The molecule has 5 rings (SSSR count). The Labute approximate surface area is 177 Å². The van der Waals surface area contributed by atoms with E-state index in [1.54, 1.807) is 0 Å². The van der Waals surface area contributed by atoms with Crippen LogP contribution in [-0.2, 0) is 23.2 Å². The van der Waals surface area contributed by atoms with Crippen molar-refractivity contribution >= 4 is 32.9 Å². The van der Waals surface area contributed by atoms with Crippen LogP contribution in [0.5, 0.6) is 0 Å². The first-order chi connectivity index (χ1) is 14.1. The molecule has 0 fully saturated rings. The minimum Gasteiger partial charge on any atom is -0.481 e. The fourth-order valence-corrected chi connectivity index (χ4v) is 4.93. The van der Waals surface area contributed by atoms with E-state index in [2.05, 4.69) is 20.5 Å². The number of halogens is 1. The van der Waals surface area contributed by atoms with Gasteiger partial charge in [0.15, 0.2) is 0 Å². The average molecular weight is 447 g/mol. The number of hydrogen-bond donors (Lipinski definition) is 1. The first-order valence-corrected chi connectivity index (χ1v) is 10.4. The highest BCUT2D eigenvalue weighted by atomic mass is 79.9. The first-order valence-electron chi connectivity index (χ1n) is 9.62. The van der Waals surface area contributed by atoms with E-state index in [0.717, 1.165) is 38.0 Å². The molecule has 3 aromatic carbocycles. The molecule has 0 bridgehead atoms. The molecule has 1 aromatic heterocycles. The van der Waals surface area contributed by atoms with E-state index in [9.17, 15) is 9.90 Å². The lowest BCUT2D eigenvalue weighted by atomic mass is 9.72. The van der Waals surface area contributed by atoms with Gasteiger partial charge in [-0.3, -0.25) is 4.79 Å². The SMILES string of the molecule is O=C(O)C1(CCc2ccccc2Br)Cn2c(nc3ccccc32)-c2ccccc21.